The Hall–Kier alpha value is -1.16. The molecule has 0 radical (unpaired) electrons. The highest BCUT2D eigenvalue weighted by Crippen LogP contribution is 2.18. The Labute approximate surface area is 117 Å². The number of halogens is 1. The molecule has 18 heavy (non-hydrogen) atoms. The lowest BCUT2D eigenvalue weighted by molar-refractivity contribution is 0.0954. The van der Waals surface area contributed by atoms with Crippen molar-refractivity contribution in [3.8, 4) is 0 Å². The second kappa shape index (κ2) is 5.65. The van der Waals surface area contributed by atoms with Crippen LogP contribution >= 0.6 is 15.9 Å². The zero-order chi connectivity index (χ0) is 13.9. The van der Waals surface area contributed by atoms with Crippen LogP contribution in [0.3, 0.4) is 0 Å². The highest BCUT2D eigenvalue weighted by Gasteiger charge is 2.15. The summed E-state index contributed by atoms with van der Waals surface area (Å²) in [6.45, 7) is 10.1. The molecule has 0 spiro atoms. The molecule has 0 atom stereocenters. The third-order valence-electron chi connectivity index (χ3n) is 2.84. The first-order valence-corrected chi connectivity index (χ1v) is 6.62. The maximum Gasteiger partial charge on any atom is 0.271 e. The van der Waals surface area contributed by atoms with E-state index in [9.17, 15) is 4.79 Å². The summed E-state index contributed by atoms with van der Waals surface area (Å²) in [5.41, 5.74) is 5.12. The number of amides is 1. The highest BCUT2D eigenvalue weighted by atomic mass is 79.9. The van der Waals surface area contributed by atoms with E-state index in [0.717, 1.165) is 15.7 Å². The number of carbonyl (C=O) groups excluding carboxylic acids is 1. The topological polar surface area (TPSA) is 41.5 Å². The van der Waals surface area contributed by atoms with E-state index in [0.29, 0.717) is 5.56 Å². The molecule has 0 saturated heterocycles. The van der Waals surface area contributed by atoms with Crippen molar-refractivity contribution in [1.82, 2.24) is 5.43 Å². The maximum absolute atomic E-state index is 11.9. The zero-order valence-electron chi connectivity index (χ0n) is 11.5. The molecule has 1 aromatic rings. The van der Waals surface area contributed by atoms with Crippen LogP contribution in [-0.4, -0.2) is 11.6 Å². The number of carbonyl (C=O) groups is 1. The number of nitrogens with one attached hydrogen (secondary N) is 1. The smallest absolute Gasteiger partial charge is 0.267 e. The van der Waals surface area contributed by atoms with E-state index in [1.165, 1.54) is 0 Å². The average Bonchev–Trinajstić information content (AvgIpc) is 2.27. The van der Waals surface area contributed by atoms with Gasteiger partial charge < -0.3 is 0 Å². The van der Waals surface area contributed by atoms with Crippen LogP contribution in [0.25, 0.3) is 0 Å². The van der Waals surface area contributed by atoms with Gasteiger partial charge in [0.2, 0.25) is 0 Å². The molecule has 0 heterocycles. The molecule has 0 bridgehead atoms. The summed E-state index contributed by atoms with van der Waals surface area (Å²) < 4.78 is 0.923. The van der Waals surface area contributed by atoms with Gasteiger partial charge in [-0.25, -0.2) is 5.43 Å². The molecule has 0 unspecified atom stereocenters. The SMILES string of the molecule is C/C(=N/NC(=O)c1ccc(C)c(Br)c1)C(C)(C)C. The van der Waals surface area contributed by atoms with Crippen LogP contribution < -0.4 is 5.43 Å². The minimum atomic E-state index is -0.195. The van der Waals surface area contributed by atoms with E-state index in [1.807, 2.05) is 19.9 Å². The molecule has 4 heteroatoms. The van der Waals surface area contributed by atoms with Gasteiger partial charge in [-0.1, -0.05) is 42.8 Å². The Morgan fingerprint density at radius 1 is 1.33 bits per heavy atom. The maximum atomic E-state index is 11.9. The number of hydrazone groups is 1. The summed E-state index contributed by atoms with van der Waals surface area (Å²) in [5, 5.41) is 4.13. The predicted octanol–water partition coefficient (Wildman–Crippen LogP) is 3.91. The molecule has 1 amide bonds. The molecule has 98 valence electrons. The van der Waals surface area contributed by atoms with Crippen molar-refractivity contribution in [2.24, 2.45) is 10.5 Å². The fourth-order valence-electron chi connectivity index (χ4n) is 1.10. The van der Waals surface area contributed by atoms with Crippen LogP contribution in [0.4, 0.5) is 0 Å². The molecular weight excluding hydrogens is 292 g/mol. The molecule has 1 N–H and O–H groups in total. The number of nitrogens with zero attached hydrogens (tertiary/aromatic N) is 1. The van der Waals surface area contributed by atoms with Crippen LogP contribution in [0.2, 0.25) is 0 Å². The summed E-state index contributed by atoms with van der Waals surface area (Å²) in [4.78, 5) is 11.9. The third kappa shape index (κ3) is 3.95. The molecule has 0 saturated carbocycles. The molecule has 3 nitrogen and oxygen atoms in total. The Balaban J connectivity index is 2.81. The summed E-state index contributed by atoms with van der Waals surface area (Å²) in [6.07, 6.45) is 0. The molecule has 1 rings (SSSR count). The van der Waals surface area contributed by atoms with Crippen LogP contribution in [0.5, 0.6) is 0 Å². The summed E-state index contributed by atoms with van der Waals surface area (Å²) in [7, 11) is 0. The van der Waals surface area contributed by atoms with E-state index in [4.69, 9.17) is 0 Å². The number of benzene rings is 1. The second-order valence-corrected chi connectivity index (χ2v) is 6.21. The summed E-state index contributed by atoms with van der Waals surface area (Å²) >= 11 is 3.41. The molecule has 0 aliphatic rings. The second-order valence-electron chi connectivity index (χ2n) is 5.35. The Morgan fingerprint density at radius 3 is 2.44 bits per heavy atom. The number of hydrogen-bond acceptors (Lipinski definition) is 2. The van der Waals surface area contributed by atoms with E-state index >= 15 is 0 Å². The fourth-order valence-corrected chi connectivity index (χ4v) is 1.48. The van der Waals surface area contributed by atoms with Crippen LogP contribution in [0, 0.1) is 12.3 Å². The van der Waals surface area contributed by atoms with Crippen LogP contribution in [-0.2, 0) is 0 Å². The third-order valence-corrected chi connectivity index (χ3v) is 3.70. The molecule has 0 fully saturated rings. The van der Waals surface area contributed by atoms with Crippen molar-refractivity contribution < 1.29 is 4.79 Å². The fraction of sp³-hybridized carbons (Fsp3) is 0.429. The first-order valence-electron chi connectivity index (χ1n) is 5.83. The standard InChI is InChI=1S/C14H19BrN2O/c1-9-6-7-11(8-12(9)15)13(18)17-16-10(2)14(3,4)5/h6-8H,1-5H3,(H,17,18)/b16-10-. The van der Waals surface area contributed by atoms with Gasteiger partial charge in [-0.2, -0.15) is 5.10 Å². The van der Waals surface area contributed by atoms with Crippen molar-refractivity contribution in [2.45, 2.75) is 34.6 Å². The summed E-state index contributed by atoms with van der Waals surface area (Å²) in [5.74, 6) is -0.195. The highest BCUT2D eigenvalue weighted by molar-refractivity contribution is 9.10. The largest absolute Gasteiger partial charge is 0.271 e. The molecule has 1 aromatic carbocycles. The monoisotopic (exact) mass is 310 g/mol. The van der Waals surface area contributed by atoms with E-state index < -0.39 is 0 Å². The van der Waals surface area contributed by atoms with Gasteiger partial charge in [0, 0.05) is 21.2 Å². The van der Waals surface area contributed by atoms with Crippen molar-refractivity contribution in [3.63, 3.8) is 0 Å². The average molecular weight is 311 g/mol. The minimum absolute atomic E-state index is 0.0405. The van der Waals surface area contributed by atoms with Gasteiger partial charge in [-0.3, -0.25) is 4.79 Å². The predicted molar refractivity (Wildman–Crippen MR) is 78.9 cm³/mol. The number of aryl methyl sites for hydroxylation is 1. The lowest BCUT2D eigenvalue weighted by Gasteiger charge is -2.17. The normalized spacial score (nSPS) is 12.4. The number of hydrogen-bond donors (Lipinski definition) is 1. The van der Waals surface area contributed by atoms with E-state index in [-0.39, 0.29) is 11.3 Å². The first kappa shape index (κ1) is 14.9. The van der Waals surface area contributed by atoms with Crippen molar-refractivity contribution in [3.05, 3.63) is 33.8 Å². The van der Waals surface area contributed by atoms with Gasteiger partial charge in [-0.05, 0) is 31.5 Å². The minimum Gasteiger partial charge on any atom is -0.267 e. The molecule has 0 aliphatic carbocycles. The van der Waals surface area contributed by atoms with Crippen LogP contribution in [0.15, 0.2) is 27.8 Å². The van der Waals surface area contributed by atoms with Crippen molar-refractivity contribution in [2.75, 3.05) is 0 Å². The molecular formula is C14H19BrN2O. The number of rotatable bonds is 2. The van der Waals surface area contributed by atoms with Gasteiger partial charge in [0.15, 0.2) is 0 Å². The van der Waals surface area contributed by atoms with Gasteiger partial charge >= 0.3 is 0 Å². The van der Waals surface area contributed by atoms with Gasteiger partial charge in [-0.15, -0.1) is 0 Å². The van der Waals surface area contributed by atoms with E-state index in [2.05, 4.69) is 47.2 Å². The first-order chi connectivity index (χ1) is 8.21. The lowest BCUT2D eigenvalue weighted by Crippen LogP contribution is -2.24. The molecule has 0 aliphatic heterocycles. The van der Waals surface area contributed by atoms with E-state index in [1.54, 1.807) is 12.1 Å². The Kier molecular flexibility index (Phi) is 4.68. The zero-order valence-corrected chi connectivity index (χ0v) is 13.1. The van der Waals surface area contributed by atoms with Crippen LogP contribution in [0.1, 0.15) is 43.6 Å². The molecule has 0 aromatic heterocycles. The van der Waals surface area contributed by atoms with Crippen molar-refractivity contribution >= 4 is 27.5 Å². The lowest BCUT2D eigenvalue weighted by atomic mass is 9.91. The summed E-state index contributed by atoms with van der Waals surface area (Å²) in [6, 6.07) is 5.49. The Morgan fingerprint density at radius 2 is 1.94 bits per heavy atom. The van der Waals surface area contributed by atoms with Gasteiger partial charge in [0.25, 0.3) is 5.91 Å². The van der Waals surface area contributed by atoms with Gasteiger partial charge in [0.05, 0.1) is 0 Å². The van der Waals surface area contributed by atoms with Crippen molar-refractivity contribution in [1.29, 1.82) is 0 Å². The Bertz CT molecular complexity index is 487. The quantitative estimate of drug-likeness (QED) is 0.653. The van der Waals surface area contributed by atoms with Gasteiger partial charge in [0.1, 0.15) is 0 Å².